The zero-order chi connectivity index (χ0) is 15.2. The van der Waals surface area contributed by atoms with Crippen LogP contribution in [0.3, 0.4) is 0 Å². The van der Waals surface area contributed by atoms with E-state index in [-0.39, 0.29) is 31.9 Å². The van der Waals surface area contributed by atoms with Crippen molar-refractivity contribution in [3.05, 3.63) is 68.2 Å². The molecule has 0 saturated carbocycles. The minimum absolute atomic E-state index is 0.0717. The summed E-state index contributed by atoms with van der Waals surface area (Å²) < 4.78 is 19.8. The molecule has 0 unspecified atom stereocenters. The van der Waals surface area contributed by atoms with Gasteiger partial charge in [0, 0.05) is 18.2 Å². The van der Waals surface area contributed by atoms with E-state index < -0.39 is 17.1 Å². The highest BCUT2D eigenvalue weighted by Crippen LogP contribution is 2.10. The predicted octanol–water partition coefficient (Wildman–Crippen LogP) is 0.233. The van der Waals surface area contributed by atoms with Crippen LogP contribution >= 0.6 is 0 Å². The zero-order valence-electron chi connectivity index (χ0n) is 11.2. The number of hydrogen-bond donors (Lipinski definition) is 2. The van der Waals surface area contributed by atoms with Gasteiger partial charge in [-0.2, -0.15) is 0 Å². The van der Waals surface area contributed by atoms with Crippen LogP contribution in [0.1, 0.15) is 11.1 Å². The Labute approximate surface area is 119 Å². The molecule has 0 amide bonds. The van der Waals surface area contributed by atoms with Crippen molar-refractivity contribution >= 4 is 0 Å². The van der Waals surface area contributed by atoms with Crippen LogP contribution in [0, 0.1) is 5.82 Å². The molecule has 1 heterocycles. The quantitative estimate of drug-likeness (QED) is 0.747. The molecule has 0 aliphatic heterocycles. The summed E-state index contributed by atoms with van der Waals surface area (Å²) in [6.45, 7) is -0.186. The molecule has 0 aliphatic rings. The van der Waals surface area contributed by atoms with Crippen LogP contribution in [0.4, 0.5) is 4.39 Å². The van der Waals surface area contributed by atoms with Gasteiger partial charge in [-0.05, 0) is 11.6 Å². The topological polar surface area (TPSA) is 84.3 Å². The normalized spacial score (nSPS) is 10.8. The fraction of sp³-hybridized carbons (Fsp3) is 0.286. The second-order valence-corrected chi connectivity index (χ2v) is 4.41. The summed E-state index contributed by atoms with van der Waals surface area (Å²) in [5.74, 6) is -0.411. The largest absolute Gasteiger partial charge is 0.394 e. The van der Waals surface area contributed by atoms with E-state index in [0.29, 0.717) is 5.56 Å². The maximum atomic E-state index is 13.6. The molecule has 2 N–H and O–H groups in total. The molecule has 2 rings (SSSR count). The lowest BCUT2D eigenvalue weighted by atomic mass is 10.1. The highest BCUT2D eigenvalue weighted by Gasteiger charge is 2.08. The third-order valence-electron chi connectivity index (χ3n) is 2.89. The Bertz CT molecular complexity index is 723. The number of hydrogen-bond acceptors (Lipinski definition) is 4. The molecular formula is C14H15FN2O4. The number of benzene rings is 1. The van der Waals surface area contributed by atoms with Gasteiger partial charge in [0.05, 0.1) is 13.2 Å². The Balaban J connectivity index is 2.27. The molecule has 1 aromatic carbocycles. The molecule has 7 heteroatoms. The van der Waals surface area contributed by atoms with Crippen molar-refractivity contribution in [3.8, 4) is 0 Å². The third-order valence-corrected chi connectivity index (χ3v) is 2.89. The standard InChI is InChI=1S/C14H15FN2O4/c15-12-4-2-1-3-10(12)7-11-8-17(9-21-6-5-18)14(20)16-13(11)19/h1-4,8,18H,5-7,9H2,(H,16,19,20). The van der Waals surface area contributed by atoms with Crippen LogP contribution in [0.5, 0.6) is 0 Å². The summed E-state index contributed by atoms with van der Waals surface area (Å²) in [7, 11) is 0. The van der Waals surface area contributed by atoms with Crippen molar-refractivity contribution in [2.45, 2.75) is 13.2 Å². The fourth-order valence-corrected chi connectivity index (χ4v) is 1.85. The number of aliphatic hydroxyl groups excluding tert-OH is 1. The number of nitrogens with zero attached hydrogens (tertiary/aromatic N) is 1. The Morgan fingerprint density at radius 3 is 2.71 bits per heavy atom. The molecule has 6 nitrogen and oxygen atoms in total. The minimum atomic E-state index is -0.616. The van der Waals surface area contributed by atoms with Crippen molar-refractivity contribution in [3.63, 3.8) is 0 Å². The summed E-state index contributed by atoms with van der Waals surface area (Å²) in [5.41, 5.74) is -0.548. The second-order valence-electron chi connectivity index (χ2n) is 4.41. The van der Waals surface area contributed by atoms with E-state index in [0.717, 1.165) is 4.57 Å². The highest BCUT2D eigenvalue weighted by molar-refractivity contribution is 5.24. The number of aromatic nitrogens is 2. The number of rotatable bonds is 6. The molecular weight excluding hydrogens is 279 g/mol. The Morgan fingerprint density at radius 2 is 2.00 bits per heavy atom. The van der Waals surface area contributed by atoms with Crippen LogP contribution in [0.25, 0.3) is 0 Å². The van der Waals surface area contributed by atoms with Gasteiger partial charge in [0.25, 0.3) is 5.56 Å². The summed E-state index contributed by atoms with van der Waals surface area (Å²) in [5, 5.41) is 8.63. The van der Waals surface area contributed by atoms with Crippen molar-refractivity contribution in [2.75, 3.05) is 13.2 Å². The van der Waals surface area contributed by atoms with E-state index in [1.165, 1.54) is 12.3 Å². The molecule has 1 aromatic heterocycles. The van der Waals surface area contributed by atoms with E-state index in [4.69, 9.17) is 9.84 Å². The van der Waals surface area contributed by atoms with Crippen molar-refractivity contribution < 1.29 is 14.2 Å². The number of aromatic amines is 1. The zero-order valence-corrected chi connectivity index (χ0v) is 11.2. The van der Waals surface area contributed by atoms with E-state index in [1.54, 1.807) is 18.2 Å². The number of halogens is 1. The molecule has 0 fully saturated rings. The SMILES string of the molecule is O=c1[nH]c(=O)n(COCCO)cc1Cc1ccccc1F. The van der Waals surface area contributed by atoms with Crippen LogP contribution < -0.4 is 11.2 Å². The maximum Gasteiger partial charge on any atom is 0.330 e. The minimum Gasteiger partial charge on any atom is -0.394 e. The van der Waals surface area contributed by atoms with Gasteiger partial charge in [0.15, 0.2) is 0 Å². The van der Waals surface area contributed by atoms with Crippen molar-refractivity contribution in [2.24, 2.45) is 0 Å². The first-order valence-electron chi connectivity index (χ1n) is 6.36. The molecule has 0 spiro atoms. The molecule has 0 bridgehead atoms. The van der Waals surface area contributed by atoms with Gasteiger partial charge in [-0.3, -0.25) is 14.3 Å². The molecule has 0 atom stereocenters. The Morgan fingerprint density at radius 1 is 1.24 bits per heavy atom. The number of H-pyrrole nitrogens is 1. The first kappa shape index (κ1) is 15.1. The first-order chi connectivity index (χ1) is 10.1. The summed E-state index contributed by atoms with van der Waals surface area (Å²) in [6.07, 6.45) is 1.41. The number of ether oxygens (including phenoxy) is 1. The van der Waals surface area contributed by atoms with Gasteiger partial charge >= 0.3 is 5.69 Å². The van der Waals surface area contributed by atoms with Gasteiger partial charge in [-0.1, -0.05) is 18.2 Å². The van der Waals surface area contributed by atoms with E-state index in [9.17, 15) is 14.0 Å². The monoisotopic (exact) mass is 294 g/mol. The molecule has 112 valence electrons. The van der Waals surface area contributed by atoms with Crippen LogP contribution in [-0.4, -0.2) is 27.9 Å². The Hall–Kier alpha value is -2.25. The summed E-state index contributed by atoms with van der Waals surface area (Å²) in [4.78, 5) is 25.5. The Kier molecular flexibility index (Phi) is 5.02. The lowest BCUT2D eigenvalue weighted by Gasteiger charge is -2.08. The second kappa shape index (κ2) is 6.96. The smallest absolute Gasteiger partial charge is 0.330 e. The van der Waals surface area contributed by atoms with Gasteiger partial charge in [0.1, 0.15) is 12.5 Å². The maximum absolute atomic E-state index is 13.6. The lowest BCUT2D eigenvalue weighted by molar-refractivity contribution is 0.0455. The molecule has 0 radical (unpaired) electrons. The van der Waals surface area contributed by atoms with Gasteiger partial charge in [-0.15, -0.1) is 0 Å². The van der Waals surface area contributed by atoms with Crippen LogP contribution in [0.2, 0.25) is 0 Å². The third kappa shape index (κ3) is 3.87. The lowest BCUT2D eigenvalue weighted by Crippen LogP contribution is -2.32. The molecule has 21 heavy (non-hydrogen) atoms. The number of aliphatic hydroxyl groups is 1. The van der Waals surface area contributed by atoms with Crippen molar-refractivity contribution in [1.82, 2.24) is 9.55 Å². The van der Waals surface area contributed by atoms with Gasteiger partial charge in [-0.25, -0.2) is 9.18 Å². The average molecular weight is 294 g/mol. The van der Waals surface area contributed by atoms with Gasteiger partial charge in [0.2, 0.25) is 0 Å². The molecule has 0 aliphatic carbocycles. The van der Waals surface area contributed by atoms with E-state index in [1.807, 2.05) is 0 Å². The van der Waals surface area contributed by atoms with E-state index in [2.05, 4.69) is 4.98 Å². The molecule has 2 aromatic rings. The number of nitrogens with one attached hydrogen (secondary N) is 1. The highest BCUT2D eigenvalue weighted by atomic mass is 19.1. The predicted molar refractivity (Wildman–Crippen MR) is 73.6 cm³/mol. The summed E-state index contributed by atoms with van der Waals surface area (Å²) >= 11 is 0. The fourth-order valence-electron chi connectivity index (χ4n) is 1.85. The summed E-state index contributed by atoms with van der Waals surface area (Å²) in [6, 6.07) is 6.12. The van der Waals surface area contributed by atoms with Gasteiger partial charge < -0.3 is 9.84 Å². The van der Waals surface area contributed by atoms with Crippen LogP contribution in [-0.2, 0) is 17.9 Å². The van der Waals surface area contributed by atoms with Crippen LogP contribution in [0.15, 0.2) is 40.1 Å². The van der Waals surface area contributed by atoms with E-state index >= 15 is 0 Å². The molecule has 0 saturated heterocycles. The average Bonchev–Trinajstić information content (AvgIpc) is 2.46. The first-order valence-corrected chi connectivity index (χ1v) is 6.36. The van der Waals surface area contributed by atoms with Crippen molar-refractivity contribution in [1.29, 1.82) is 0 Å².